The molecule has 1 heterocycles. The van der Waals surface area contributed by atoms with Crippen molar-refractivity contribution in [2.75, 3.05) is 0 Å². The van der Waals surface area contributed by atoms with E-state index in [1.807, 2.05) is 6.92 Å². The molecule has 38 heavy (non-hydrogen) atoms. The van der Waals surface area contributed by atoms with Gasteiger partial charge in [0.05, 0.1) is 0 Å². The minimum absolute atomic E-state index is 0.129. The SMILES string of the molecule is C=C1C(=O)C23C(OC(C)=O)CC4C(C)(C)CCC(OC(C)=O)C4(C)C2C(OC(C)=O)CC12OC(C)(C)OC23. The summed E-state index contributed by atoms with van der Waals surface area (Å²) in [5, 5.41) is 0. The lowest BCUT2D eigenvalue weighted by atomic mass is 9.38. The van der Waals surface area contributed by atoms with Gasteiger partial charge in [-0.2, -0.15) is 0 Å². The largest absolute Gasteiger partial charge is 0.462 e. The van der Waals surface area contributed by atoms with Crippen LogP contribution in [0.5, 0.6) is 0 Å². The van der Waals surface area contributed by atoms with Crippen molar-refractivity contribution in [2.24, 2.45) is 28.1 Å². The molecule has 0 amide bonds. The summed E-state index contributed by atoms with van der Waals surface area (Å²) in [6.45, 7) is 18.2. The topological polar surface area (TPSA) is 114 Å². The fraction of sp³-hybridized carbons (Fsp3) is 0.793. The predicted molar refractivity (Wildman–Crippen MR) is 133 cm³/mol. The first kappa shape index (κ1) is 27.3. The Morgan fingerprint density at radius 1 is 0.921 bits per heavy atom. The normalized spacial score (nSPS) is 45.9. The van der Waals surface area contributed by atoms with Crippen LogP contribution in [-0.2, 0) is 42.9 Å². The zero-order valence-corrected chi connectivity index (χ0v) is 23.7. The molecule has 5 aliphatic rings. The second-order valence-corrected chi connectivity index (χ2v) is 13.3. The van der Waals surface area contributed by atoms with Crippen LogP contribution in [0.4, 0.5) is 0 Å². The van der Waals surface area contributed by atoms with Gasteiger partial charge >= 0.3 is 17.9 Å². The molecule has 0 radical (unpaired) electrons. The van der Waals surface area contributed by atoms with Gasteiger partial charge in [-0.05, 0) is 44.4 Å². The van der Waals surface area contributed by atoms with Gasteiger partial charge in [-0.1, -0.05) is 27.4 Å². The Labute approximate surface area is 223 Å². The number of carbonyl (C=O) groups excluding carboxylic acids is 4. The highest BCUT2D eigenvalue weighted by Crippen LogP contribution is 2.75. The van der Waals surface area contributed by atoms with Gasteiger partial charge in [0, 0.05) is 44.1 Å². The summed E-state index contributed by atoms with van der Waals surface area (Å²) in [5.41, 5.74) is -3.49. The maximum atomic E-state index is 14.6. The smallest absolute Gasteiger partial charge is 0.302 e. The predicted octanol–water partition coefficient (Wildman–Crippen LogP) is 3.66. The highest BCUT2D eigenvalue weighted by atomic mass is 16.8. The number of hydrogen-bond donors (Lipinski definition) is 0. The van der Waals surface area contributed by atoms with E-state index < -0.39 is 70.5 Å². The molecule has 5 fully saturated rings. The van der Waals surface area contributed by atoms with Gasteiger partial charge in [-0.3, -0.25) is 19.2 Å². The molecule has 0 aromatic carbocycles. The Morgan fingerprint density at radius 2 is 1.50 bits per heavy atom. The number of Topliss-reactive ketones (excluding diaryl/α,β-unsaturated/α-hetero) is 1. The zero-order chi connectivity index (χ0) is 28.2. The third-order valence-electron chi connectivity index (χ3n) is 10.3. The summed E-state index contributed by atoms with van der Waals surface area (Å²) in [4.78, 5) is 52.0. The lowest BCUT2D eigenvalue weighted by molar-refractivity contribution is -0.285. The molecule has 4 saturated carbocycles. The van der Waals surface area contributed by atoms with Crippen LogP contribution in [0, 0.1) is 28.1 Å². The third kappa shape index (κ3) is 3.36. The van der Waals surface area contributed by atoms with Crippen LogP contribution in [0.1, 0.15) is 81.1 Å². The first-order valence-electron chi connectivity index (χ1n) is 13.6. The average molecular weight is 533 g/mol. The molecule has 9 heteroatoms. The summed E-state index contributed by atoms with van der Waals surface area (Å²) in [7, 11) is 0. The highest BCUT2D eigenvalue weighted by Gasteiger charge is 2.86. The summed E-state index contributed by atoms with van der Waals surface area (Å²) in [6.07, 6.45) is -1.12. The fourth-order valence-corrected chi connectivity index (χ4v) is 9.41. The van der Waals surface area contributed by atoms with Gasteiger partial charge in [-0.25, -0.2) is 0 Å². The van der Waals surface area contributed by atoms with Crippen molar-refractivity contribution in [3.05, 3.63) is 12.2 Å². The van der Waals surface area contributed by atoms with Crippen molar-refractivity contribution < 1.29 is 42.9 Å². The van der Waals surface area contributed by atoms with Gasteiger partial charge in [0.2, 0.25) is 0 Å². The Bertz CT molecular complexity index is 1120. The minimum atomic E-state index is -1.44. The molecule has 1 aliphatic heterocycles. The molecule has 9 atom stereocenters. The third-order valence-corrected chi connectivity index (χ3v) is 10.3. The van der Waals surface area contributed by atoms with E-state index in [4.69, 9.17) is 23.7 Å². The fourth-order valence-electron chi connectivity index (χ4n) is 9.41. The van der Waals surface area contributed by atoms with Crippen molar-refractivity contribution in [3.8, 4) is 0 Å². The van der Waals surface area contributed by atoms with Crippen LogP contribution < -0.4 is 0 Å². The van der Waals surface area contributed by atoms with Crippen LogP contribution >= 0.6 is 0 Å². The minimum Gasteiger partial charge on any atom is -0.462 e. The lowest BCUT2D eigenvalue weighted by Crippen LogP contribution is -2.75. The Balaban J connectivity index is 1.83. The van der Waals surface area contributed by atoms with Crippen LogP contribution in [0.3, 0.4) is 0 Å². The summed E-state index contributed by atoms with van der Waals surface area (Å²) in [6, 6.07) is 0. The molecule has 5 rings (SSSR count). The molecule has 0 aromatic rings. The lowest BCUT2D eigenvalue weighted by Gasteiger charge is -2.68. The molecular formula is C29H40O9. The van der Waals surface area contributed by atoms with Crippen molar-refractivity contribution in [1.29, 1.82) is 0 Å². The molecule has 1 spiro atoms. The van der Waals surface area contributed by atoms with E-state index in [9.17, 15) is 19.2 Å². The molecule has 9 unspecified atom stereocenters. The van der Waals surface area contributed by atoms with Crippen LogP contribution in [0.25, 0.3) is 0 Å². The van der Waals surface area contributed by atoms with E-state index in [0.29, 0.717) is 12.8 Å². The quantitative estimate of drug-likeness (QED) is 0.305. The molecule has 0 aromatic heterocycles. The van der Waals surface area contributed by atoms with Crippen molar-refractivity contribution >= 4 is 23.7 Å². The van der Waals surface area contributed by atoms with Gasteiger partial charge in [0.15, 0.2) is 11.6 Å². The molecule has 2 bridgehead atoms. The second kappa shape index (κ2) is 8.13. The average Bonchev–Trinajstić information content (AvgIpc) is 3.10. The van der Waals surface area contributed by atoms with Crippen molar-refractivity contribution in [3.63, 3.8) is 0 Å². The highest BCUT2D eigenvalue weighted by molar-refractivity contribution is 6.07. The van der Waals surface area contributed by atoms with E-state index in [1.54, 1.807) is 13.8 Å². The number of ketones is 1. The van der Waals surface area contributed by atoms with Gasteiger partial charge in [0.1, 0.15) is 35.4 Å². The van der Waals surface area contributed by atoms with E-state index in [-0.39, 0.29) is 29.1 Å². The number of hydrogen-bond acceptors (Lipinski definition) is 9. The number of fused-ring (bicyclic) bond motifs is 2. The maximum Gasteiger partial charge on any atom is 0.302 e. The summed E-state index contributed by atoms with van der Waals surface area (Å²) < 4.78 is 31.1. The number of esters is 3. The Hall–Kier alpha value is -2.26. The van der Waals surface area contributed by atoms with E-state index in [1.165, 1.54) is 20.8 Å². The van der Waals surface area contributed by atoms with Gasteiger partial charge in [-0.15, -0.1) is 0 Å². The van der Waals surface area contributed by atoms with E-state index >= 15 is 0 Å². The van der Waals surface area contributed by atoms with Crippen LogP contribution in [-0.4, -0.2) is 59.5 Å². The molecule has 1 saturated heterocycles. The molecule has 210 valence electrons. The van der Waals surface area contributed by atoms with Gasteiger partial charge < -0.3 is 23.7 Å². The Kier molecular flexibility index (Phi) is 5.84. The van der Waals surface area contributed by atoms with E-state index in [0.717, 1.165) is 6.42 Å². The molecule has 0 N–H and O–H groups in total. The number of carbonyl (C=O) groups is 4. The van der Waals surface area contributed by atoms with Crippen molar-refractivity contribution in [2.45, 2.75) is 117 Å². The first-order valence-corrected chi connectivity index (χ1v) is 13.6. The van der Waals surface area contributed by atoms with E-state index in [2.05, 4.69) is 20.4 Å². The molecular weight excluding hydrogens is 492 g/mol. The maximum absolute atomic E-state index is 14.6. The van der Waals surface area contributed by atoms with Crippen molar-refractivity contribution in [1.82, 2.24) is 0 Å². The van der Waals surface area contributed by atoms with Crippen LogP contribution in [0.2, 0.25) is 0 Å². The van der Waals surface area contributed by atoms with Crippen LogP contribution in [0.15, 0.2) is 12.2 Å². The molecule has 4 aliphatic carbocycles. The summed E-state index contributed by atoms with van der Waals surface area (Å²) in [5.74, 6) is -3.59. The number of ether oxygens (including phenoxy) is 5. The summed E-state index contributed by atoms with van der Waals surface area (Å²) >= 11 is 0. The van der Waals surface area contributed by atoms with Gasteiger partial charge in [0.25, 0.3) is 0 Å². The standard InChI is InChI=1S/C29H40O9/c1-14-23(33)29-21(36-17(4)32)12-19-25(5,6)11-10-20(35-16(3)31)27(19,9)22(29)18(34-15(2)30)13-28(14)24(29)37-26(7,8)38-28/h18-22,24H,1,10-13H2,2-9H3. The zero-order valence-electron chi connectivity index (χ0n) is 23.7. The monoisotopic (exact) mass is 532 g/mol. The molecule has 9 nitrogen and oxygen atoms in total. The Morgan fingerprint density at radius 3 is 2.08 bits per heavy atom. The first-order chi connectivity index (χ1) is 17.4. The number of rotatable bonds is 3. The second-order valence-electron chi connectivity index (χ2n) is 13.3.